The van der Waals surface area contributed by atoms with E-state index in [1.165, 1.54) is 0 Å². The average Bonchev–Trinajstić information content (AvgIpc) is 2.58. The smallest absolute Gasteiger partial charge is 0.141 e. The summed E-state index contributed by atoms with van der Waals surface area (Å²) in [5.41, 5.74) is 1.99. The maximum absolute atomic E-state index is 5.44. The molecule has 0 saturated heterocycles. The van der Waals surface area contributed by atoms with Crippen LogP contribution >= 0.6 is 0 Å². The quantitative estimate of drug-likeness (QED) is 0.744. The van der Waals surface area contributed by atoms with Gasteiger partial charge in [-0.2, -0.15) is 0 Å². The molecule has 0 N–H and O–H groups in total. The first-order valence-electron chi connectivity index (χ1n) is 5.19. The molecule has 0 saturated carbocycles. The zero-order chi connectivity index (χ0) is 10.7. The number of aromatic nitrogens is 1. The van der Waals surface area contributed by atoms with Gasteiger partial charge >= 0.3 is 0 Å². The van der Waals surface area contributed by atoms with Crippen LogP contribution in [0.2, 0.25) is 0 Å². The maximum Gasteiger partial charge on any atom is 0.141 e. The molecule has 1 unspecified atom stereocenters. The highest BCUT2D eigenvalue weighted by Crippen LogP contribution is 2.17. The summed E-state index contributed by atoms with van der Waals surface area (Å²) in [6, 6.07) is 0. The molecule has 0 aliphatic carbocycles. The second-order valence-corrected chi connectivity index (χ2v) is 3.72. The first kappa shape index (κ1) is 10.0. The minimum absolute atomic E-state index is 0.184. The summed E-state index contributed by atoms with van der Waals surface area (Å²) in [6.07, 6.45) is 10.2. The summed E-state index contributed by atoms with van der Waals surface area (Å²) in [4.78, 5) is 0. The predicted molar refractivity (Wildman–Crippen MR) is 58.3 cm³/mol. The van der Waals surface area contributed by atoms with Crippen LogP contribution in [-0.4, -0.2) is 11.3 Å². The number of ether oxygens (including phenoxy) is 1. The van der Waals surface area contributed by atoms with Gasteiger partial charge in [0.05, 0.1) is 12.0 Å². The molecule has 2 heterocycles. The largest absolute Gasteiger partial charge is 0.494 e. The van der Waals surface area contributed by atoms with E-state index >= 15 is 0 Å². The van der Waals surface area contributed by atoms with Crippen molar-refractivity contribution in [2.75, 3.05) is 0 Å². The van der Waals surface area contributed by atoms with Crippen molar-refractivity contribution in [1.82, 2.24) is 5.16 Å². The van der Waals surface area contributed by atoms with Gasteiger partial charge in [-0.25, -0.2) is 0 Å². The van der Waals surface area contributed by atoms with Gasteiger partial charge in [0.15, 0.2) is 0 Å². The molecule has 0 amide bonds. The molecule has 1 aromatic rings. The van der Waals surface area contributed by atoms with Crippen molar-refractivity contribution in [2.45, 2.75) is 32.8 Å². The van der Waals surface area contributed by atoms with Crippen molar-refractivity contribution < 1.29 is 9.26 Å². The Labute approximate surface area is 89.4 Å². The number of hydrogen-bond acceptors (Lipinski definition) is 3. The van der Waals surface area contributed by atoms with E-state index in [4.69, 9.17) is 9.26 Å². The topological polar surface area (TPSA) is 35.3 Å². The minimum atomic E-state index is 0.184. The lowest BCUT2D eigenvalue weighted by molar-refractivity contribution is 0.166. The third-order valence-electron chi connectivity index (χ3n) is 2.53. The number of hydrogen-bond donors (Lipinski definition) is 0. The van der Waals surface area contributed by atoms with Crippen LogP contribution in [0.5, 0.6) is 0 Å². The van der Waals surface area contributed by atoms with E-state index in [1.54, 1.807) is 6.26 Å². The third-order valence-corrected chi connectivity index (χ3v) is 2.53. The van der Waals surface area contributed by atoms with E-state index < -0.39 is 0 Å². The summed E-state index contributed by atoms with van der Waals surface area (Å²) in [7, 11) is 0. The highest BCUT2D eigenvalue weighted by Gasteiger charge is 2.09. The van der Waals surface area contributed by atoms with Gasteiger partial charge in [0.1, 0.15) is 11.9 Å². The molecule has 1 aromatic heterocycles. The lowest BCUT2D eigenvalue weighted by Gasteiger charge is -2.15. The van der Waals surface area contributed by atoms with E-state index in [1.807, 2.05) is 26.0 Å². The van der Waals surface area contributed by atoms with E-state index in [0.29, 0.717) is 0 Å². The number of allylic oxidation sites excluding steroid dienone is 1. The number of rotatable bonds is 2. The van der Waals surface area contributed by atoms with Gasteiger partial charge in [0, 0.05) is 5.56 Å². The molecular formula is C12H15NO2. The summed E-state index contributed by atoms with van der Waals surface area (Å²) in [6.45, 7) is 3.86. The van der Waals surface area contributed by atoms with Crippen LogP contribution in [0.15, 0.2) is 22.9 Å². The molecule has 0 aromatic carbocycles. The molecule has 0 spiro atoms. The molecule has 1 atom stereocenters. The fourth-order valence-electron chi connectivity index (χ4n) is 1.63. The highest BCUT2D eigenvalue weighted by molar-refractivity contribution is 5.53. The van der Waals surface area contributed by atoms with Crippen molar-refractivity contribution in [2.24, 2.45) is 0 Å². The molecule has 15 heavy (non-hydrogen) atoms. The van der Waals surface area contributed by atoms with E-state index in [2.05, 4.69) is 11.2 Å². The van der Waals surface area contributed by atoms with Crippen LogP contribution in [0.25, 0.3) is 6.08 Å². The van der Waals surface area contributed by atoms with Gasteiger partial charge in [-0.15, -0.1) is 0 Å². The summed E-state index contributed by atoms with van der Waals surface area (Å²) in [5.74, 6) is 0.857. The van der Waals surface area contributed by atoms with Gasteiger partial charge in [-0.1, -0.05) is 5.16 Å². The molecular weight excluding hydrogens is 190 g/mol. The Kier molecular flexibility index (Phi) is 2.90. The summed E-state index contributed by atoms with van der Waals surface area (Å²) >= 11 is 0. The van der Waals surface area contributed by atoms with Gasteiger partial charge in [-0.3, -0.25) is 0 Å². The molecule has 3 nitrogen and oxygen atoms in total. The van der Waals surface area contributed by atoms with Crippen molar-refractivity contribution in [3.8, 4) is 0 Å². The third kappa shape index (κ3) is 2.29. The maximum atomic E-state index is 5.44. The van der Waals surface area contributed by atoms with E-state index in [-0.39, 0.29) is 6.10 Å². The monoisotopic (exact) mass is 205 g/mol. The molecule has 0 radical (unpaired) electrons. The predicted octanol–water partition coefficient (Wildman–Crippen LogP) is 3.00. The van der Waals surface area contributed by atoms with Crippen LogP contribution in [0.4, 0.5) is 0 Å². The van der Waals surface area contributed by atoms with Gasteiger partial charge in [-0.05, 0) is 44.9 Å². The van der Waals surface area contributed by atoms with Crippen LogP contribution in [0, 0.1) is 13.8 Å². The summed E-state index contributed by atoms with van der Waals surface area (Å²) in [5, 5.41) is 3.90. The summed E-state index contributed by atoms with van der Waals surface area (Å²) < 4.78 is 10.5. The fourth-order valence-corrected chi connectivity index (χ4v) is 1.63. The van der Waals surface area contributed by atoms with Gasteiger partial charge in [0.25, 0.3) is 0 Å². The lowest BCUT2D eigenvalue weighted by atomic mass is 10.1. The van der Waals surface area contributed by atoms with Crippen LogP contribution in [-0.2, 0) is 4.74 Å². The Morgan fingerprint density at radius 2 is 2.33 bits per heavy atom. The molecule has 2 rings (SSSR count). The van der Waals surface area contributed by atoms with Crippen molar-refractivity contribution in [3.05, 3.63) is 35.4 Å². The van der Waals surface area contributed by atoms with E-state index in [9.17, 15) is 0 Å². The number of nitrogens with zero attached hydrogens (tertiary/aromatic N) is 1. The molecule has 1 aliphatic heterocycles. The molecule has 1 aliphatic rings. The first-order chi connectivity index (χ1) is 7.27. The van der Waals surface area contributed by atoms with Crippen molar-refractivity contribution in [3.63, 3.8) is 0 Å². The Morgan fingerprint density at radius 3 is 2.93 bits per heavy atom. The van der Waals surface area contributed by atoms with Gasteiger partial charge < -0.3 is 9.26 Å². The molecule has 80 valence electrons. The van der Waals surface area contributed by atoms with Crippen molar-refractivity contribution in [1.29, 1.82) is 0 Å². The van der Waals surface area contributed by atoms with Crippen molar-refractivity contribution >= 4 is 6.08 Å². The Balaban J connectivity index is 2.07. The normalized spacial score (nSPS) is 20.8. The van der Waals surface area contributed by atoms with E-state index in [0.717, 1.165) is 29.9 Å². The van der Waals surface area contributed by atoms with Crippen LogP contribution < -0.4 is 0 Å². The molecule has 0 bridgehead atoms. The highest BCUT2D eigenvalue weighted by atomic mass is 16.5. The molecule has 3 heteroatoms. The Bertz CT molecular complexity index is 371. The SMILES string of the molecule is Cc1noc(C)c1/C=C/C1CCC=CO1. The first-order valence-corrected chi connectivity index (χ1v) is 5.19. The average molecular weight is 205 g/mol. The van der Waals surface area contributed by atoms with Crippen LogP contribution in [0.3, 0.4) is 0 Å². The van der Waals surface area contributed by atoms with Crippen LogP contribution in [0.1, 0.15) is 29.9 Å². The second kappa shape index (κ2) is 4.34. The standard InChI is InChI=1S/C12H15NO2/c1-9-12(10(2)15-13-9)7-6-11-5-3-4-8-14-11/h4,6-8,11H,3,5H2,1-2H3/b7-6+. The zero-order valence-electron chi connectivity index (χ0n) is 9.06. The second-order valence-electron chi connectivity index (χ2n) is 3.72. The Hall–Kier alpha value is -1.51. The lowest BCUT2D eigenvalue weighted by Crippen LogP contribution is -2.08. The Morgan fingerprint density at radius 1 is 1.47 bits per heavy atom. The zero-order valence-corrected chi connectivity index (χ0v) is 9.06. The fraction of sp³-hybridized carbons (Fsp3) is 0.417. The minimum Gasteiger partial charge on any atom is -0.494 e. The van der Waals surface area contributed by atoms with Gasteiger partial charge in [0.2, 0.25) is 0 Å². The number of aryl methyl sites for hydroxylation is 2. The molecule has 0 fully saturated rings.